The van der Waals surface area contributed by atoms with Gasteiger partial charge in [-0.15, -0.1) is 11.3 Å². The Morgan fingerprint density at radius 1 is 1.39 bits per heavy atom. The van der Waals surface area contributed by atoms with Crippen LogP contribution in [0.1, 0.15) is 23.2 Å². The number of rotatable bonds is 4. The summed E-state index contributed by atoms with van der Waals surface area (Å²) in [5.41, 5.74) is 6.84. The summed E-state index contributed by atoms with van der Waals surface area (Å²) >= 11 is 1.55. The normalized spacial score (nSPS) is 14.2. The van der Waals surface area contributed by atoms with Crippen molar-refractivity contribution in [3.8, 4) is 0 Å². The number of aryl methyl sites for hydroxylation is 1. The van der Waals surface area contributed by atoms with Crippen molar-refractivity contribution >= 4 is 17.1 Å². The van der Waals surface area contributed by atoms with Crippen LogP contribution in [0.5, 0.6) is 0 Å². The van der Waals surface area contributed by atoms with E-state index in [-0.39, 0.29) is 12.2 Å². The van der Waals surface area contributed by atoms with Crippen LogP contribution >= 0.6 is 11.3 Å². The van der Waals surface area contributed by atoms with Crippen LogP contribution < -0.4 is 5.73 Å². The summed E-state index contributed by atoms with van der Waals surface area (Å²) in [6.45, 7) is 3.68. The highest BCUT2D eigenvalue weighted by molar-refractivity contribution is 7.09. The molecule has 0 fully saturated rings. The van der Waals surface area contributed by atoms with Gasteiger partial charge < -0.3 is 5.73 Å². The maximum absolute atomic E-state index is 12.3. The first kappa shape index (κ1) is 12.9. The minimum atomic E-state index is -0.960. The topological polar surface area (TPSA) is 56.0 Å². The Hall–Kier alpha value is -1.52. The second kappa shape index (κ2) is 5.00. The number of nitrogens with zero attached hydrogens (tertiary/aromatic N) is 1. The van der Waals surface area contributed by atoms with Crippen LogP contribution in [0.25, 0.3) is 0 Å². The predicted molar refractivity (Wildman–Crippen MR) is 73.5 cm³/mol. The lowest BCUT2D eigenvalue weighted by Crippen LogP contribution is -2.42. The van der Waals surface area contributed by atoms with Crippen molar-refractivity contribution in [2.75, 3.05) is 0 Å². The van der Waals surface area contributed by atoms with Gasteiger partial charge in [0, 0.05) is 5.38 Å². The van der Waals surface area contributed by atoms with Crippen molar-refractivity contribution < 1.29 is 4.79 Å². The molecule has 4 heteroatoms. The molecule has 1 aromatic carbocycles. The molecule has 94 valence electrons. The summed E-state index contributed by atoms with van der Waals surface area (Å²) in [6, 6.07) is 9.45. The molecule has 1 atom stereocenters. The second-order valence-electron chi connectivity index (χ2n) is 4.53. The van der Waals surface area contributed by atoms with E-state index in [9.17, 15) is 4.79 Å². The largest absolute Gasteiger partial charge is 0.315 e. The molecule has 1 aromatic heterocycles. The van der Waals surface area contributed by atoms with Gasteiger partial charge in [0.25, 0.3) is 0 Å². The van der Waals surface area contributed by atoms with Crippen LogP contribution in [-0.4, -0.2) is 10.8 Å². The number of carbonyl (C=O) groups is 1. The molecular weight excluding hydrogens is 244 g/mol. The molecule has 1 unspecified atom stereocenters. The first-order valence-electron chi connectivity index (χ1n) is 5.79. The molecule has 0 amide bonds. The van der Waals surface area contributed by atoms with Crippen LogP contribution in [-0.2, 0) is 16.8 Å². The smallest absolute Gasteiger partial charge is 0.162 e. The third-order valence-electron chi connectivity index (χ3n) is 2.96. The first-order valence-corrected chi connectivity index (χ1v) is 6.67. The van der Waals surface area contributed by atoms with Crippen molar-refractivity contribution in [2.24, 2.45) is 5.73 Å². The number of benzene rings is 1. The number of hydrogen-bond donors (Lipinski definition) is 1. The van der Waals surface area contributed by atoms with Gasteiger partial charge in [0.2, 0.25) is 0 Å². The second-order valence-corrected chi connectivity index (χ2v) is 5.59. The van der Waals surface area contributed by atoms with Crippen LogP contribution in [0.4, 0.5) is 0 Å². The van der Waals surface area contributed by atoms with E-state index in [4.69, 9.17) is 5.73 Å². The highest BCUT2D eigenvalue weighted by atomic mass is 32.1. The molecule has 0 aliphatic carbocycles. The Morgan fingerprint density at radius 3 is 2.61 bits per heavy atom. The minimum Gasteiger partial charge on any atom is -0.315 e. The van der Waals surface area contributed by atoms with Crippen molar-refractivity contribution in [3.05, 3.63) is 52.0 Å². The van der Waals surface area contributed by atoms with E-state index in [0.29, 0.717) is 0 Å². The summed E-state index contributed by atoms with van der Waals surface area (Å²) in [7, 11) is 0. The summed E-state index contributed by atoms with van der Waals surface area (Å²) in [4.78, 5) is 16.6. The number of carbonyl (C=O) groups excluding carboxylic acids is 1. The Kier molecular flexibility index (Phi) is 3.59. The average molecular weight is 260 g/mol. The number of aromatic nitrogens is 1. The molecular formula is C14H16N2OS. The number of hydrogen-bond acceptors (Lipinski definition) is 4. The van der Waals surface area contributed by atoms with Crippen LogP contribution in [0.2, 0.25) is 0 Å². The first-order chi connectivity index (χ1) is 8.50. The van der Waals surface area contributed by atoms with Gasteiger partial charge in [-0.25, -0.2) is 4.98 Å². The molecule has 0 aliphatic rings. The molecule has 0 radical (unpaired) electrons. The monoisotopic (exact) mass is 260 g/mol. The standard InChI is InChI=1S/C14H16N2OS/c1-10-16-12(9-18-10)8-13(17)14(2,15)11-6-4-3-5-7-11/h3-7,9H,8,15H2,1-2H3. The van der Waals surface area contributed by atoms with E-state index in [1.54, 1.807) is 18.3 Å². The van der Waals surface area contributed by atoms with E-state index in [2.05, 4.69) is 4.98 Å². The van der Waals surface area contributed by atoms with Gasteiger partial charge in [-0.2, -0.15) is 0 Å². The third-order valence-corrected chi connectivity index (χ3v) is 3.78. The van der Waals surface area contributed by atoms with Gasteiger partial charge in [-0.3, -0.25) is 4.79 Å². The van der Waals surface area contributed by atoms with Gasteiger partial charge >= 0.3 is 0 Å². The Bertz CT molecular complexity index is 546. The molecule has 0 aliphatic heterocycles. The van der Waals surface area contributed by atoms with Crippen molar-refractivity contribution in [2.45, 2.75) is 25.8 Å². The summed E-state index contributed by atoms with van der Waals surface area (Å²) < 4.78 is 0. The number of ketones is 1. The minimum absolute atomic E-state index is 0.0148. The van der Waals surface area contributed by atoms with Gasteiger partial charge in [0.1, 0.15) is 0 Å². The maximum Gasteiger partial charge on any atom is 0.162 e. The molecule has 1 heterocycles. The van der Waals surface area contributed by atoms with E-state index < -0.39 is 5.54 Å². The molecule has 2 rings (SSSR count). The van der Waals surface area contributed by atoms with E-state index in [1.165, 1.54) is 0 Å². The average Bonchev–Trinajstić information content (AvgIpc) is 2.76. The highest BCUT2D eigenvalue weighted by Gasteiger charge is 2.30. The molecule has 0 saturated carbocycles. The fourth-order valence-electron chi connectivity index (χ4n) is 1.78. The zero-order valence-corrected chi connectivity index (χ0v) is 11.3. The molecule has 0 spiro atoms. The number of Topliss-reactive ketones (excluding diaryl/α,β-unsaturated/α-hetero) is 1. The Morgan fingerprint density at radius 2 is 2.06 bits per heavy atom. The predicted octanol–water partition coefficient (Wildman–Crippen LogP) is 2.44. The van der Waals surface area contributed by atoms with Crippen molar-refractivity contribution in [3.63, 3.8) is 0 Å². The molecule has 18 heavy (non-hydrogen) atoms. The molecule has 2 N–H and O–H groups in total. The lowest BCUT2D eigenvalue weighted by molar-refractivity contribution is -0.123. The van der Waals surface area contributed by atoms with Crippen LogP contribution in [0.3, 0.4) is 0 Å². The SMILES string of the molecule is Cc1nc(CC(=O)C(C)(N)c2ccccc2)cs1. The Balaban J connectivity index is 2.18. The van der Waals surface area contributed by atoms with Crippen molar-refractivity contribution in [1.29, 1.82) is 0 Å². The van der Waals surface area contributed by atoms with E-state index in [1.807, 2.05) is 42.6 Å². The zero-order chi connectivity index (χ0) is 13.2. The van der Waals surface area contributed by atoms with Gasteiger partial charge in [0.05, 0.1) is 22.7 Å². The molecule has 0 bridgehead atoms. The third kappa shape index (κ3) is 2.66. The number of nitrogens with two attached hydrogens (primary N) is 1. The number of thiazole rings is 1. The zero-order valence-electron chi connectivity index (χ0n) is 10.5. The van der Waals surface area contributed by atoms with Gasteiger partial charge in [-0.1, -0.05) is 30.3 Å². The fraction of sp³-hybridized carbons (Fsp3) is 0.286. The lowest BCUT2D eigenvalue weighted by Gasteiger charge is -2.23. The van der Waals surface area contributed by atoms with Gasteiger partial charge in [-0.05, 0) is 19.4 Å². The quantitative estimate of drug-likeness (QED) is 0.918. The Labute approximate surface area is 111 Å². The van der Waals surface area contributed by atoms with Gasteiger partial charge in [0.15, 0.2) is 5.78 Å². The molecule has 0 saturated heterocycles. The fourth-order valence-corrected chi connectivity index (χ4v) is 2.40. The summed E-state index contributed by atoms with van der Waals surface area (Å²) in [5, 5.41) is 2.88. The lowest BCUT2D eigenvalue weighted by atomic mass is 9.87. The summed E-state index contributed by atoms with van der Waals surface area (Å²) in [6.07, 6.45) is 0.284. The van der Waals surface area contributed by atoms with Crippen molar-refractivity contribution in [1.82, 2.24) is 4.98 Å². The van der Waals surface area contributed by atoms with Crippen LogP contribution in [0, 0.1) is 6.92 Å². The highest BCUT2D eigenvalue weighted by Crippen LogP contribution is 2.21. The molecule has 3 nitrogen and oxygen atoms in total. The summed E-state index contributed by atoms with van der Waals surface area (Å²) in [5.74, 6) is -0.0148. The molecule has 2 aromatic rings. The van der Waals surface area contributed by atoms with Crippen LogP contribution in [0.15, 0.2) is 35.7 Å². The van der Waals surface area contributed by atoms with E-state index >= 15 is 0 Å². The maximum atomic E-state index is 12.3. The van der Waals surface area contributed by atoms with E-state index in [0.717, 1.165) is 16.3 Å².